The van der Waals surface area contributed by atoms with Crippen molar-refractivity contribution in [3.63, 3.8) is 0 Å². The molecule has 78 valence electrons. The Bertz CT molecular complexity index is 312. The van der Waals surface area contributed by atoms with Crippen LogP contribution in [0.25, 0.3) is 0 Å². The summed E-state index contributed by atoms with van der Waals surface area (Å²) in [6.07, 6.45) is -3.44. The molecule has 14 heavy (non-hydrogen) atoms. The van der Waals surface area contributed by atoms with E-state index in [1.807, 2.05) is 0 Å². The zero-order chi connectivity index (χ0) is 10.8. The summed E-state index contributed by atoms with van der Waals surface area (Å²) < 4.78 is 39.0. The number of halogens is 3. The maximum atomic E-state index is 11.8. The lowest BCUT2D eigenvalue weighted by Gasteiger charge is -2.13. The standard InChI is InChI=1S/C8H9F3N2O/c1-13(2)6-3-4-12-7(5-6)14-8(9,10)11/h3-5H,1-2H3. The van der Waals surface area contributed by atoms with E-state index in [1.54, 1.807) is 25.1 Å². The lowest BCUT2D eigenvalue weighted by molar-refractivity contribution is -0.276. The van der Waals surface area contributed by atoms with Gasteiger partial charge in [0.25, 0.3) is 0 Å². The summed E-state index contributed by atoms with van der Waals surface area (Å²) in [6, 6.07) is 2.80. The SMILES string of the molecule is CN(C)c1ccnc(OC(F)(F)F)c1. The molecule has 0 saturated heterocycles. The van der Waals surface area contributed by atoms with E-state index in [2.05, 4.69) is 9.72 Å². The first-order valence-corrected chi connectivity index (χ1v) is 3.77. The van der Waals surface area contributed by atoms with E-state index in [0.717, 1.165) is 0 Å². The van der Waals surface area contributed by atoms with Gasteiger partial charge in [-0.05, 0) is 6.07 Å². The molecule has 1 heterocycles. The predicted octanol–water partition coefficient (Wildman–Crippen LogP) is 2.05. The predicted molar refractivity (Wildman–Crippen MR) is 45.2 cm³/mol. The van der Waals surface area contributed by atoms with Gasteiger partial charge in [0.15, 0.2) is 0 Å². The molecule has 0 N–H and O–H groups in total. The van der Waals surface area contributed by atoms with Gasteiger partial charge in [-0.1, -0.05) is 0 Å². The van der Waals surface area contributed by atoms with Crippen molar-refractivity contribution in [1.82, 2.24) is 4.98 Å². The van der Waals surface area contributed by atoms with Crippen molar-refractivity contribution in [2.24, 2.45) is 0 Å². The number of alkyl halides is 3. The maximum Gasteiger partial charge on any atom is 0.574 e. The summed E-state index contributed by atoms with van der Waals surface area (Å²) in [6.45, 7) is 0. The van der Waals surface area contributed by atoms with Crippen LogP contribution in [0.1, 0.15) is 0 Å². The van der Waals surface area contributed by atoms with Crippen molar-refractivity contribution in [2.45, 2.75) is 6.36 Å². The molecular weight excluding hydrogens is 197 g/mol. The maximum absolute atomic E-state index is 11.8. The molecule has 0 unspecified atom stereocenters. The average molecular weight is 206 g/mol. The van der Waals surface area contributed by atoms with Gasteiger partial charge in [0.1, 0.15) is 0 Å². The molecule has 0 aliphatic heterocycles. The molecule has 3 nitrogen and oxygen atoms in total. The zero-order valence-electron chi connectivity index (χ0n) is 7.67. The number of hydrogen-bond acceptors (Lipinski definition) is 3. The van der Waals surface area contributed by atoms with Crippen molar-refractivity contribution in [1.29, 1.82) is 0 Å². The zero-order valence-corrected chi connectivity index (χ0v) is 7.67. The van der Waals surface area contributed by atoms with E-state index in [4.69, 9.17) is 0 Å². The highest BCUT2D eigenvalue weighted by atomic mass is 19.4. The van der Waals surface area contributed by atoms with Crippen LogP contribution in [0.15, 0.2) is 18.3 Å². The van der Waals surface area contributed by atoms with Crippen LogP contribution in [0, 0.1) is 0 Å². The first-order chi connectivity index (χ1) is 6.38. The number of rotatable bonds is 2. The molecule has 1 aromatic heterocycles. The van der Waals surface area contributed by atoms with Crippen LogP contribution in [-0.4, -0.2) is 25.4 Å². The Labute approximate surface area is 79.1 Å². The third-order valence-corrected chi connectivity index (χ3v) is 1.46. The lowest BCUT2D eigenvalue weighted by atomic mass is 10.4. The van der Waals surface area contributed by atoms with Gasteiger partial charge in [-0.2, -0.15) is 0 Å². The number of hydrogen-bond donors (Lipinski definition) is 0. The van der Waals surface area contributed by atoms with Crippen molar-refractivity contribution in [3.05, 3.63) is 18.3 Å². The monoisotopic (exact) mass is 206 g/mol. The van der Waals surface area contributed by atoms with E-state index in [9.17, 15) is 13.2 Å². The largest absolute Gasteiger partial charge is 0.574 e. The molecule has 0 bridgehead atoms. The van der Waals surface area contributed by atoms with Gasteiger partial charge in [-0.15, -0.1) is 13.2 Å². The highest BCUT2D eigenvalue weighted by Gasteiger charge is 2.31. The fraction of sp³-hybridized carbons (Fsp3) is 0.375. The van der Waals surface area contributed by atoms with Crippen molar-refractivity contribution >= 4 is 5.69 Å². The molecule has 0 radical (unpaired) electrons. The molecule has 0 aliphatic carbocycles. The fourth-order valence-electron chi connectivity index (χ4n) is 0.852. The van der Waals surface area contributed by atoms with E-state index < -0.39 is 12.2 Å². The van der Waals surface area contributed by atoms with Gasteiger partial charge in [0, 0.05) is 32.0 Å². The van der Waals surface area contributed by atoms with E-state index >= 15 is 0 Å². The fourth-order valence-corrected chi connectivity index (χ4v) is 0.852. The van der Waals surface area contributed by atoms with Crippen molar-refractivity contribution < 1.29 is 17.9 Å². The van der Waals surface area contributed by atoms with Gasteiger partial charge >= 0.3 is 6.36 Å². The van der Waals surface area contributed by atoms with Gasteiger partial charge in [0.05, 0.1) is 0 Å². The first-order valence-electron chi connectivity index (χ1n) is 3.77. The second-order valence-corrected chi connectivity index (χ2v) is 2.79. The summed E-state index contributed by atoms with van der Waals surface area (Å²) in [5, 5.41) is 0. The molecule has 0 amide bonds. The Kier molecular flexibility index (Phi) is 2.83. The Hall–Kier alpha value is -1.46. The molecule has 0 fully saturated rings. The van der Waals surface area contributed by atoms with Crippen molar-refractivity contribution in [2.75, 3.05) is 19.0 Å². The van der Waals surface area contributed by atoms with Crippen LogP contribution in [0.4, 0.5) is 18.9 Å². The van der Waals surface area contributed by atoms with E-state index in [0.29, 0.717) is 5.69 Å². The topological polar surface area (TPSA) is 25.4 Å². The molecule has 1 aromatic rings. The number of ether oxygens (including phenoxy) is 1. The van der Waals surface area contributed by atoms with E-state index in [1.165, 1.54) is 12.3 Å². The summed E-state index contributed by atoms with van der Waals surface area (Å²) in [5.41, 5.74) is 0.597. The van der Waals surface area contributed by atoms with Crippen LogP contribution < -0.4 is 9.64 Å². The molecular formula is C8H9F3N2O. The van der Waals surface area contributed by atoms with Crippen LogP contribution in [-0.2, 0) is 0 Å². The molecule has 1 rings (SSSR count). The molecule has 0 spiro atoms. The molecule has 0 aliphatic rings. The van der Waals surface area contributed by atoms with Gasteiger partial charge in [-0.3, -0.25) is 0 Å². The Balaban J connectivity index is 2.84. The summed E-state index contributed by atoms with van der Waals surface area (Å²) in [7, 11) is 3.43. The number of nitrogens with zero attached hydrogens (tertiary/aromatic N) is 2. The van der Waals surface area contributed by atoms with Crippen LogP contribution in [0.3, 0.4) is 0 Å². The third kappa shape index (κ3) is 3.12. The Morgan fingerprint density at radius 2 is 2.00 bits per heavy atom. The highest BCUT2D eigenvalue weighted by molar-refractivity contribution is 5.46. The molecule has 0 aromatic carbocycles. The summed E-state index contributed by atoms with van der Waals surface area (Å²) in [4.78, 5) is 5.10. The second-order valence-electron chi connectivity index (χ2n) is 2.79. The average Bonchev–Trinajstić information content (AvgIpc) is 2.01. The van der Waals surface area contributed by atoms with Gasteiger partial charge in [-0.25, -0.2) is 4.98 Å². The van der Waals surface area contributed by atoms with Crippen LogP contribution in [0.5, 0.6) is 5.88 Å². The first kappa shape index (κ1) is 10.6. The van der Waals surface area contributed by atoms with Gasteiger partial charge in [0.2, 0.25) is 5.88 Å². The smallest absolute Gasteiger partial charge is 0.388 e. The summed E-state index contributed by atoms with van der Waals surface area (Å²) >= 11 is 0. The third-order valence-electron chi connectivity index (χ3n) is 1.46. The number of aromatic nitrogens is 1. The minimum absolute atomic E-state index is 0.455. The number of anilines is 1. The minimum Gasteiger partial charge on any atom is -0.388 e. The van der Waals surface area contributed by atoms with E-state index in [-0.39, 0.29) is 0 Å². The normalized spacial score (nSPS) is 11.2. The van der Waals surface area contributed by atoms with Crippen LogP contribution >= 0.6 is 0 Å². The summed E-state index contributed by atoms with van der Waals surface area (Å²) in [5.74, 6) is -0.455. The molecule has 0 atom stereocenters. The van der Waals surface area contributed by atoms with Crippen molar-refractivity contribution in [3.8, 4) is 5.88 Å². The quantitative estimate of drug-likeness (QED) is 0.740. The Morgan fingerprint density at radius 3 is 2.50 bits per heavy atom. The number of pyridine rings is 1. The van der Waals surface area contributed by atoms with Crippen LogP contribution in [0.2, 0.25) is 0 Å². The highest BCUT2D eigenvalue weighted by Crippen LogP contribution is 2.23. The Morgan fingerprint density at radius 1 is 1.36 bits per heavy atom. The second kappa shape index (κ2) is 3.73. The minimum atomic E-state index is -4.70. The van der Waals surface area contributed by atoms with Gasteiger partial charge < -0.3 is 9.64 Å². The molecule has 0 saturated carbocycles. The lowest BCUT2D eigenvalue weighted by Crippen LogP contribution is -2.18. The molecule has 6 heteroatoms.